The molecule has 0 spiro atoms. The lowest BCUT2D eigenvalue weighted by Gasteiger charge is -2.59. The summed E-state index contributed by atoms with van der Waals surface area (Å²) in [6.07, 6.45) is 11.2. The van der Waals surface area contributed by atoms with Crippen molar-refractivity contribution in [2.75, 3.05) is 0 Å². The van der Waals surface area contributed by atoms with Crippen molar-refractivity contribution in [3.63, 3.8) is 0 Å². The minimum Gasteiger partial charge on any atom is -0.299 e. The van der Waals surface area contributed by atoms with Crippen molar-refractivity contribution >= 4 is 5.78 Å². The summed E-state index contributed by atoms with van der Waals surface area (Å²) in [5, 5.41) is 0. The highest BCUT2D eigenvalue weighted by molar-refractivity contribution is 5.87. The van der Waals surface area contributed by atoms with Gasteiger partial charge in [-0.1, -0.05) is 26.0 Å². The van der Waals surface area contributed by atoms with Crippen LogP contribution in [-0.4, -0.2) is 5.78 Å². The van der Waals surface area contributed by atoms with Gasteiger partial charge in [-0.3, -0.25) is 4.79 Å². The second-order valence-electron chi connectivity index (χ2n) is 9.03. The predicted molar refractivity (Wildman–Crippen MR) is 85.9 cm³/mol. The van der Waals surface area contributed by atoms with Crippen molar-refractivity contribution in [2.24, 2.45) is 34.5 Å². The van der Waals surface area contributed by atoms with Crippen molar-refractivity contribution in [2.45, 2.75) is 71.6 Å². The third-order valence-electron chi connectivity index (χ3n) is 8.33. The molecule has 0 aliphatic heterocycles. The summed E-state index contributed by atoms with van der Waals surface area (Å²) in [4.78, 5) is 12.4. The summed E-state index contributed by atoms with van der Waals surface area (Å²) in [5.74, 6) is 3.87. The van der Waals surface area contributed by atoms with Crippen LogP contribution in [0.2, 0.25) is 0 Å². The quantitative estimate of drug-likeness (QED) is 0.562. The summed E-state index contributed by atoms with van der Waals surface area (Å²) >= 11 is 0. The first-order valence-corrected chi connectivity index (χ1v) is 9.15. The van der Waals surface area contributed by atoms with E-state index in [-0.39, 0.29) is 5.41 Å². The first kappa shape index (κ1) is 14.0. The summed E-state index contributed by atoms with van der Waals surface area (Å²) in [6.45, 7) is 9.15. The molecule has 4 aliphatic rings. The molecular weight excluding hydrogens is 256 g/mol. The molecule has 0 saturated heterocycles. The Morgan fingerprint density at radius 1 is 1.00 bits per heavy atom. The summed E-state index contributed by atoms with van der Waals surface area (Å²) in [5.41, 5.74) is 2.08. The van der Waals surface area contributed by atoms with E-state index in [4.69, 9.17) is 0 Å². The van der Waals surface area contributed by atoms with Crippen LogP contribution >= 0.6 is 0 Å². The van der Waals surface area contributed by atoms with Gasteiger partial charge in [0.2, 0.25) is 0 Å². The van der Waals surface area contributed by atoms with Gasteiger partial charge < -0.3 is 0 Å². The van der Waals surface area contributed by atoms with Gasteiger partial charge in [-0.2, -0.15) is 0 Å². The number of rotatable bonds is 0. The molecule has 1 heteroatoms. The fraction of sp³-hybridized carbons (Fsp3) is 0.850. The number of ketones is 1. The van der Waals surface area contributed by atoms with Gasteiger partial charge in [-0.25, -0.2) is 0 Å². The monoisotopic (exact) mass is 286 g/mol. The second-order valence-corrected chi connectivity index (χ2v) is 9.03. The highest BCUT2D eigenvalue weighted by Gasteiger charge is 2.59. The van der Waals surface area contributed by atoms with E-state index in [2.05, 4.69) is 20.4 Å². The molecule has 1 nitrogen and oxygen atoms in total. The number of hydrogen-bond acceptors (Lipinski definition) is 1. The Morgan fingerprint density at radius 3 is 2.62 bits per heavy atom. The fourth-order valence-corrected chi connectivity index (χ4v) is 6.93. The van der Waals surface area contributed by atoms with Gasteiger partial charge >= 0.3 is 0 Å². The molecule has 116 valence electrons. The molecule has 0 unspecified atom stereocenters. The maximum atomic E-state index is 12.4. The lowest BCUT2D eigenvalue weighted by molar-refractivity contribution is -0.137. The maximum Gasteiger partial charge on any atom is 0.139 e. The SMILES string of the molecule is C=C1CC[C@@]2(C)[C@@H](CC[C@@H]3[C@@H]2CC[C@]2(C)C(=O)CC[C@@H]32)C1. The fourth-order valence-electron chi connectivity index (χ4n) is 6.93. The molecule has 0 bridgehead atoms. The van der Waals surface area contributed by atoms with Crippen LogP contribution in [0.1, 0.15) is 71.6 Å². The van der Waals surface area contributed by atoms with Crippen molar-refractivity contribution in [1.82, 2.24) is 0 Å². The zero-order valence-electron chi connectivity index (χ0n) is 13.8. The topological polar surface area (TPSA) is 17.1 Å². The van der Waals surface area contributed by atoms with E-state index in [1.54, 1.807) is 0 Å². The van der Waals surface area contributed by atoms with Crippen LogP contribution < -0.4 is 0 Å². The lowest BCUT2D eigenvalue weighted by Crippen LogP contribution is -2.52. The van der Waals surface area contributed by atoms with Crippen LogP contribution in [0.3, 0.4) is 0 Å². The molecule has 0 aromatic heterocycles. The van der Waals surface area contributed by atoms with E-state index in [0.29, 0.717) is 17.1 Å². The third kappa shape index (κ3) is 1.79. The molecule has 0 radical (unpaired) electrons. The van der Waals surface area contributed by atoms with E-state index < -0.39 is 0 Å². The Hall–Kier alpha value is -0.590. The van der Waals surface area contributed by atoms with Gasteiger partial charge in [0.15, 0.2) is 0 Å². The standard InChI is InChI=1S/C20H30O/c1-13-8-10-19(2)14(12-13)4-5-15-16-6-7-18(21)20(16,3)11-9-17(15)19/h14-17H,1,4-12H2,2-3H3/t14-,15-,16-,17-,19-,20-/m0/s1. The minimum atomic E-state index is 0.0443. The zero-order valence-corrected chi connectivity index (χ0v) is 13.8. The largest absolute Gasteiger partial charge is 0.299 e. The molecule has 4 saturated carbocycles. The van der Waals surface area contributed by atoms with Crippen LogP contribution in [0.4, 0.5) is 0 Å². The van der Waals surface area contributed by atoms with Crippen molar-refractivity contribution in [3.8, 4) is 0 Å². The van der Waals surface area contributed by atoms with Crippen LogP contribution in [-0.2, 0) is 4.79 Å². The van der Waals surface area contributed by atoms with E-state index >= 15 is 0 Å². The van der Waals surface area contributed by atoms with Gasteiger partial charge in [0.1, 0.15) is 5.78 Å². The Morgan fingerprint density at radius 2 is 1.81 bits per heavy atom. The number of hydrogen-bond donors (Lipinski definition) is 0. The summed E-state index contributed by atoms with van der Waals surface area (Å²) < 4.78 is 0. The lowest BCUT2D eigenvalue weighted by atomic mass is 9.45. The number of fused-ring (bicyclic) bond motifs is 5. The van der Waals surface area contributed by atoms with Crippen molar-refractivity contribution in [1.29, 1.82) is 0 Å². The molecule has 0 aromatic carbocycles. The minimum absolute atomic E-state index is 0.0443. The number of carbonyl (C=O) groups is 1. The maximum absolute atomic E-state index is 12.4. The summed E-state index contributed by atoms with van der Waals surface area (Å²) in [7, 11) is 0. The predicted octanol–water partition coefficient (Wildman–Crippen LogP) is 5.15. The zero-order chi connectivity index (χ0) is 14.8. The van der Waals surface area contributed by atoms with E-state index in [1.807, 2.05) is 0 Å². The van der Waals surface area contributed by atoms with Crippen molar-refractivity contribution < 1.29 is 4.79 Å². The van der Waals surface area contributed by atoms with Crippen LogP contribution in [0.25, 0.3) is 0 Å². The van der Waals surface area contributed by atoms with E-state index in [9.17, 15) is 4.79 Å². The molecule has 0 amide bonds. The second kappa shape index (κ2) is 4.46. The molecule has 0 N–H and O–H groups in total. The number of allylic oxidation sites excluding steroid dienone is 1. The average Bonchev–Trinajstić information content (AvgIpc) is 2.76. The molecule has 0 aromatic rings. The third-order valence-corrected chi connectivity index (χ3v) is 8.33. The van der Waals surface area contributed by atoms with Crippen LogP contribution in [0.5, 0.6) is 0 Å². The normalized spacial score (nSPS) is 53.0. The molecule has 0 heterocycles. The molecule has 4 fully saturated rings. The molecule has 4 rings (SSSR count). The highest BCUT2D eigenvalue weighted by atomic mass is 16.1. The van der Waals surface area contributed by atoms with Crippen LogP contribution in [0, 0.1) is 34.5 Å². The molecular formula is C20H30O. The smallest absolute Gasteiger partial charge is 0.139 e. The van der Waals surface area contributed by atoms with E-state index in [0.717, 1.165) is 24.2 Å². The van der Waals surface area contributed by atoms with Gasteiger partial charge in [-0.15, -0.1) is 0 Å². The van der Waals surface area contributed by atoms with Gasteiger partial charge in [0.25, 0.3) is 0 Å². The molecule has 6 atom stereocenters. The van der Waals surface area contributed by atoms with Crippen molar-refractivity contribution in [3.05, 3.63) is 12.2 Å². The number of Topliss-reactive ketones (excluding diaryl/α,β-unsaturated/α-hetero) is 1. The Balaban J connectivity index is 1.65. The first-order chi connectivity index (χ1) is 9.95. The first-order valence-electron chi connectivity index (χ1n) is 9.15. The van der Waals surface area contributed by atoms with Gasteiger partial charge in [-0.05, 0) is 80.5 Å². The Bertz CT molecular complexity index is 492. The Labute approximate surface area is 129 Å². The summed E-state index contributed by atoms with van der Waals surface area (Å²) in [6, 6.07) is 0. The molecule has 4 aliphatic carbocycles. The van der Waals surface area contributed by atoms with E-state index in [1.165, 1.54) is 56.9 Å². The Kier molecular flexibility index (Phi) is 2.98. The van der Waals surface area contributed by atoms with Gasteiger partial charge in [0, 0.05) is 11.8 Å². The number of carbonyl (C=O) groups excluding carboxylic acids is 1. The highest BCUT2D eigenvalue weighted by Crippen LogP contribution is 2.65. The van der Waals surface area contributed by atoms with Crippen LogP contribution in [0.15, 0.2) is 12.2 Å². The average molecular weight is 286 g/mol. The molecule has 21 heavy (non-hydrogen) atoms. The van der Waals surface area contributed by atoms with Gasteiger partial charge in [0.05, 0.1) is 0 Å².